The Morgan fingerprint density at radius 1 is 1.88 bits per heavy atom. The molecule has 2 aliphatic heterocycles. The average molecular weight is 130 g/mol. The topological polar surface area (TPSA) is 27.9 Å². The van der Waals surface area contributed by atoms with Crippen LogP contribution in [0.25, 0.3) is 0 Å². The molecule has 4 heteroatoms. The van der Waals surface area contributed by atoms with Crippen LogP contribution in [-0.4, -0.2) is 15.9 Å². The van der Waals surface area contributed by atoms with Gasteiger partial charge in [-0.25, -0.2) is 4.40 Å². The number of rotatable bonds is 0. The number of nitrogens with zero attached hydrogens (tertiary/aromatic N) is 2. The molecule has 44 valence electrons. The first-order chi connectivity index (χ1) is 3.73. The van der Waals surface area contributed by atoms with Crippen molar-refractivity contribution in [2.75, 3.05) is 0 Å². The van der Waals surface area contributed by atoms with E-state index in [0.717, 1.165) is 5.71 Å². The number of hydrogen-bond donors (Lipinski definition) is 0. The molecule has 3 nitrogen and oxygen atoms in total. The fourth-order valence-electron chi connectivity index (χ4n) is 0.617. The van der Waals surface area contributed by atoms with E-state index in [0.29, 0.717) is 0 Å². The highest BCUT2D eigenvalue weighted by atomic mass is 32.2. The second-order valence-electron chi connectivity index (χ2n) is 2.09. The van der Waals surface area contributed by atoms with Crippen LogP contribution in [0.2, 0.25) is 0 Å². The average Bonchev–Trinajstić information content (AvgIpc) is 2.31. The Labute approximate surface area is 51.9 Å². The summed E-state index contributed by atoms with van der Waals surface area (Å²) in [6.07, 6.45) is 0. The molecule has 8 heavy (non-hydrogen) atoms. The van der Waals surface area contributed by atoms with Gasteiger partial charge in [0.25, 0.3) is 0 Å². The Kier molecular flexibility index (Phi) is 0.656. The van der Waals surface area contributed by atoms with Crippen LogP contribution in [0.4, 0.5) is 0 Å². The van der Waals surface area contributed by atoms with Gasteiger partial charge in [-0.2, -0.15) is 0 Å². The van der Waals surface area contributed by atoms with E-state index in [2.05, 4.69) is 4.40 Å². The highest BCUT2D eigenvalue weighted by Crippen LogP contribution is 2.48. The molecule has 0 radical (unpaired) electrons. The van der Waals surface area contributed by atoms with E-state index in [4.69, 9.17) is 4.84 Å². The summed E-state index contributed by atoms with van der Waals surface area (Å²) in [5.74, 6) is 0. The van der Waals surface area contributed by atoms with Crippen molar-refractivity contribution in [3.05, 3.63) is 0 Å². The summed E-state index contributed by atoms with van der Waals surface area (Å²) in [5, 5.41) is 0. The van der Waals surface area contributed by atoms with E-state index in [1.165, 1.54) is 12.1 Å². The summed E-state index contributed by atoms with van der Waals surface area (Å²) in [6, 6.07) is 0. The second kappa shape index (κ2) is 1.10. The Morgan fingerprint density at radius 2 is 2.62 bits per heavy atom. The fourth-order valence-corrected chi connectivity index (χ4v) is 1.45. The van der Waals surface area contributed by atoms with E-state index < -0.39 is 0 Å². The number of hydroxylamine groups is 1. The molecule has 0 amide bonds. The van der Waals surface area contributed by atoms with Gasteiger partial charge in [0.1, 0.15) is 0 Å². The zero-order valence-electron chi connectivity index (χ0n) is 4.71. The quantitative estimate of drug-likeness (QED) is 0.361. The van der Waals surface area contributed by atoms with Gasteiger partial charge in [0.15, 0.2) is 0 Å². The van der Waals surface area contributed by atoms with Crippen molar-refractivity contribution in [1.82, 2.24) is 4.47 Å². The maximum atomic E-state index is 5.12. The van der Waals surface area contributed by atoms with Crippen LogP contribution in [-0.2, 0) is 4.84 Å². The van der Waals surface area contributed by atoms with Gasteiger partial charge in [0, 0.05) is 0 Å². The third-order valence-corrected chi connectivity index (χ3v) is 2.43. The minimum Gasteiger partial charge on any atom is -0.252 e. The van der Waals surface area contributed by atoms with Crippen LogP contribution < -0.4 is 0 Å². The van der Waals surface area contributed by atoms with Gasteiger partial charge in [0.05, 0.1) is 17.8 Å². The first kappa shape index (κ1) is 4.78. The fraction of sp³-hybridized carbons (Fsp3) is 0.750. The van der Waals surface area contributed by atoms with Crippen LogP contribution in [0.15, 0.2) is 4.40 Å². The van der Waals surface area contributed by atoms with Gasteiger partial charge in [-0.15, -0.1) is 0 Å². The third kappa shape index (κ3) is 0.365. The lowest BCUT2D eigenvalue weighted by molar-refractivity contribution is 0.289. The normalized spacial score (nSPS) is 50.8. The Morgan fingerprint density at radius 3 is 2.75 bits per heavy atom. The van der Waals surface area contributed by atoms with E-state index >= 15 is 0 Å². The van der Waals surface area contributed by atoms with Crippen LogP contribution in [0.1, 0.15) is 13.8 Å². The minimum absolute atomic E-state index is 0.134. The predicted molar refractivity (Wildman–Crippen MR) is 32.0 cm³/mol. The Bertz CT molecular complexity index is 169. The molecule has 1 fully saturated rings. The summed E-state index contributed by atoms with van der Waals surface area (Å²) < 4.78 is 5.85. The first-order valence-corrected chi connectivity index (χ1v) is 3.18. The predicted octanol–water partition coefficient (Wildman–Crippen LogP) is 0.988. The largest absolute Gasteiger partial charge is 0.252 e. The van der Waals surface area contributed by atoms with E-state index in [1.807, 2.05) is 13.8 Å². The lowest BCUT2D eigenvalue weighted by Crippen LogP contribution is -2.15. The third-order valence-electron chi connectivity index (χ3n) is 1.50. The lowest BCUT2D eigenvalue weighted by atomic mass is 10.2. The molecule has 0 aliphatic carbocycles. The zero-order valence-corrected chi connectivity index (χ0v) is 5.53. The van der Waals surface area contributed by atoms with Gasteiger partial charge in [0.2, 0.25) is 5.72 Å². The molecule has 1 saturated heterocycles. The van der Waals surface area contributed by atoms with E-state index in [1.54, 1.807) is 4.47 Å². The van der Waals surface area contributed by atoms with Gasteiger partial charge in [-0.05, 0) is 13.8 Å². The summed E-state index contributed by atoms with van der Waals surface area (Å²) >= 11 is 1.38. The van der Waals surface area contributed by atoms with Gasteiger partial charge in [-0.3, -0.25) is 4.84 Å². The second-order valence-corrected chi connectivity index (χ2v) is 2.77. The molecule has 0 aromatic heterocycles. The van der Waals surface area contributed by atoms with Crippen molar-refractivity contribution >= 4 is 17.8 Å². The molecule has 0 saturated carbocycles. The zero-order chi connectivity index (χ0) is 5.78. The van der Waals surface area contributed by atoms with Crippen molar-refractivity contribution in [3.63, 3.8) is 0 Å². The van der Waals surface area contributed by atoms with Crippen LogP contribution in [0, 0.1) is 0 Å². The molecular weight excluding hydrogens is 124 g/mol. The van der Waals surface area contributed by atoms with Gasteiger partial charge < -0.3 is 0 Å². The molecule has 0 aromatic rings. The van der Waals surface area contributed by atoms with Crippen molar-refractivity contribution < 1.29 is 4.84 Å². The van der Waals surface area contributed by atoms with Crippen molar-refractivity contribution in [2.45, 2.75) is 19.6 Å². The van der Waals surface area contributed by atoms with E-state index in [-0.39, 0.29) is 5.72 Å². The van der Waals surface area contributed by atoms with Crippen LogP contribution in [0.3, 0.4) is 0 Å². The molecule has 2 aliphatic rings. The Balaban J connectivity index is 2.34. The summed E-state index contributed by atoms with van der Waals surface area (Å²) in [4.78, 5) is 5.12. The molecule has 2 rings (SSSR count). The Hall–Kier alpha value is -0.0600. The molecule has 0 N–H and O–H groups in total. The molecule has 0 spiro atoms. The first-order valence-electron chi connectivity index (χ1n) is 2.45. The highest BCUT2D eigenvalue weighted by Gasteiger charge is 2.58. The highest BCUT2D eigenvalue weighted by molar-refractivity contribution is 7.96. The summed E-state index contributed by atoms with van der Waals surface area (Å²) in [6.45, 7) is 3.98. The van der Waals surface area contributed by atoms with E-state index in [9.17, 15) is 0 Å². The van der Waals surface area contributed by atoms with Crippen molar-refractivity contribution in [3.8, 4) is 0 Å². The maximum absolute atomic E-state index is 5.12. The summed E-state index contributed by atoms with van der Waals surface area (Å²) in [5.41, 5.74) is 0.924. The molecular formula is C4H6N2OS. The molecule has 2 atom stereocenters. The minimum atomic E-state index is -0.134. The standard InChI is InChI=1S/C4H6N2OS/c1-3-4(2)6(7-4)8-5-3/h1-2H3. The number of hydrogen-bond acceptors (Lipinski definition) is 4. The van der Waals surface area contributed by atoms with Crippen LogP contribution >= 0.6 is 12.1 Å². The smallest absolute Gasteiger partial charge is 0.214 e. The SMILES string of the molecule is CC1=NSN2OC12C. The monoisotopic (exact) mass is 130 g/mol. The maximum Gasteiger partial charge on any atom is 0.214 e. The molecule has 0 bridgehead atoms. The molecule has 2 unspecified atom stereocenters. The van der Waals surface area contributed by atoms with Gasteiger partial charge >= 0.3 is 0 Å². The van der Waals surface area contributed by atoms with Crippen molar-refractivity contribution in [1.29, 1.82) is 0 Å². The lowest BCUT2D eigenvalue weighted by Gasteiger charge is -1.91. The van der Waals surface area contributed by atoms with Gasteiger partial charge in [-0.1, -0.05) is 4.47 Å². The number of fused-ring (bicyclic) bond motifs is 1. The van der Waals surface area contributed by atoms with Crippen molar-refractivity contribution in [2.24, 2.45) is 4.40 Å². The summed E-state index contributed by atoms with van der Waals surface area (Å²) in [7, 11) is 0. The van der Waals surface area contributed by atoms with Crippen LogP contribution in [0.5, 0.6) is 0 Å². The molecule has 2 heterocycles. The molecule has 0 aromatic carbocycles.